The SMILES string of the molecule is Oc1ccccc1C1=NNC(c2ccc(C3CC(c4ccccc4O)=NN3)cc2)C1. The highest BCUT2D eigenvalue weighted by Gasteiger charge is 2.25. The molecule has 2 aliphatic heterocycles. The van der Waals surface area contributed by atoms with E-state index < -0.39 is 0 Å². The second-order valence-electron chi connectivity index (χ2n) is 7.59. The van der Waals surface area contributed by atoms with Crippen molar-refractivity contribution in [2.45, 2.75) is 24.9 Å². The van der Waals surface area contributed by atoms with E-state index in [9.17, 15) is 10.2 Å². The highest BCUT2D eigenvalue weighted by atomic mass is 16.3. The lowest BCUT2D eigenvalue weighted by molar-refractivity contribution is 0.473. The molecular weight excluding hydrogens is 376 g/mol. The minimum Gasteiger partial charge on any atom is -0.507 e. The Morgan fingerprint density at radius 3 is 1.40 bits per heavy atom. The van der Waals surface area contributed by atoms with Gasteiger partial charge in [0.2, 0.25) is 0 Å². The van der Waals surface area contributed by atoms with Gasteiger partial charge < -0.3 is 21.1 Å². The van der Waals surface area contributed by atoms with Crippen molar-refractivity contribution in [1.29, 1.82) is 0 Å². The van der Waals surface area contributed by atoms with Gasteiger partial charge in [0.05, 0.1) is 23.5 Å². The van der Waals surface area contributed by atoms with Crippen molar-refractivity contribution in [3.8, 4) is 11.5 Å². The number of aromatic hydroxyl groups is 2. The lowest BCUT2D eigenvalue weighted by Crippen LogP contribution is -2.12. The summed E-state index contributed by atoms with van der Waals surface area (Å²) in [6, 6.07) is 23.1. The van der Waals surface area contributed by atoms with Gasteiger partial charge in [0.15, 0.2) is 0 Å². The molecule has 0 spiro atoms. The molecule has 0 amide bonds. The molecule has 0 saturated carbocycles. The number of hydrazone groups is 2. The molecule has 30 heavy (non-hydrogen) atoms. The van der Waals surface area contributed by atoms with Crippen LogP contribution >= 0.6 is 0 Å². The van der Waals surface area contributed by atoms with E-state index in [0.29, 0.717) is 0 Å². The molecule has 3 aromatic rings. The van der Waals surface area contributed by atoms with Crippen LogP contribution in [-0.2, 0) is 0 Å². The first-order chi connectivity index (χ1) is 14.7. The molecule has 2 atom stereocenters. The van der Waals surface area contributed by atoms with Crippen LogP contribution in [0, 0.1) is 0 Å². The number of hydrogen-bond donors (Lipinski definition) is 4. The van der Waals surface area contributed by atoms with Gasteiger partial charge in [0.1, 0.15) is 11.5 Å². The summed E-state index contributed by atoms with van der Waals surface area (Å²) in [6.07, 6.45) is 1.44. The summed E-state index contributed by atoms with van der Waals surface area (Å²) in [5, 5.41) is 29.0. The normalized spacial score (nSPS) is 20.3. The highest BCUT2D eigenvalue weighted by Crippen LogP contribution is 2.31. The number of para-hydroxylation sites is 2. The molecule has 6 nitrogen and oxygen atoms in total. The molecule has 6 heteroatoms. The van der Waals surface area contributed by atoms with Crippen molar-refractivity contribution in [3.63, 3.8) is 0 Å². The summed E-state index contributed by atoms with van der Waals surface area (Å²) in [5.74, 6) is 0.503. The monoisotopic (exact) mass is 398 g/mol. The fourth-order valence-electron chi connectivity index (χ4n) is 4.00. The third-order valence-corrected chi connectivity index (χ3v) is 5.68. The minimum absolute atomic E-state index is 0.0817. The maximum absolute atomic E-state index is 10.1. The molecule has 0 saturated heterocycles. The van der Waals surface area contributed by atoms with E-state index in [1.165, 1.54) is 0 Å². The number of benzene rings is 3. The lowest BCUT2D eigenvalue weighted by atomic mass is 9.95. The zero-order valence-electron chi connectivity index (χ0n) is 16.3. The maximum atomic E-state index is 10.1. The molecule has 2 unspecified atom stereocenters. The average Bonchev–Trinajstić information content (AvgIpc) is 3.45. The zero-order valence-corrected chi connectivity index (χ0v) is 16.3. The molecule has 5 rings (SSSR count). The summed E-state index contributed by atoms with van der Waals surface area (Å²) >= 11 is 0. The number of nitrogens with one attached hydrogen (secondary N) is 2. The van der Waals surface area contributed by atoms with E-state index in [0.717, 1.165) is 46.5 Å². The van der Waals surface area contributed by atoms with Crippen molar-refractivity contribution < 1.29 is 10.2 Å². The largest absolute Gasteiger partial charge is 0.507 e. The fourth-order valence-corrected chi connectivity index (χ4v) is 4.00. The Bertz CT molecular complexity index is 1050. The van der Waals surface area contributed by atoms with Crippen molar-refractivity contribution in [3.05, 3.63) is 95.1 Å². The standard InChI is InChI=1S/C24H22N4O2/c29-23-7-3-1-5-17(23)21-13-19(25-27-21)15-9-11-16(12-10-15)20-14-22(28-26-20)18-6-2-4-8-24(18)30/h1-12,19-20,25-26,29-30H,13-14H2. The molecule has 150 valence electrons. The summed E-state index contributed by atoms with van der Waals surface area (Å²) in [6.45, 7) is 0. The van der Waals surface area contributed by atoms with E-state index in [1.807, 2.05) is 36.4 Å². The van der Waals surface area contributed by atoms with E-state index in [-0.39, 0.29) is 23.6 Å². The van der Waals surface area contributed by atoms with E-state index in [1.54, 1.807) is 12.1 Å². The van der Waals surface area contributed by atoms with Gasteiger partial charge in [-0.25, -0.2) is 0 Å². The Morgan fingerprint density at radius 1 is 0.600 bits per heavy atom. The van der Waals surface area contributed by atoms with Crippen molar-refractivity contribution in [2.24, 2.45) is 10.2 Å². The Hall–Kier alpha value is -3.80. The maximum Gasteiger partial charge on any atom is 0.124 e. The van der Waals surface area contributed by atoms with Gasteiger partial charge in [-0.3, -0.25) is 0 Å². The molecule has 2 aliphatic rings. The van der Waals surface area contributed by atoms with Crippen LogP contribution in [-0.4, -0.2) is 21.6 Å². The van der Waals surface area contributed by atoms with Crippen LogP contribution in [0.3, 0.4) is 0 Å². The quantitative estimate of drug-likeness (QED) is 0.535. The smallest absolute Gasteiger partial charge is 0.124 e. The molecule has 0 aromatic heterocycles. The first-order valence-corrected chi connectivity index (χ1v) is 10.00. The van der Waals surface area contributed by atoms with Crippen LogP contribution in [0.5, 0.6) is 11.5 Å². The molecule has 0 bridgehead atoms. The van der Waals surface area contributed by atoms with E-state index >= 15 is 0 Å². The van der Waals surface area contributed by atoms with Crippen LogP contribution in [0.15, 0.2) is 83.0 Å². The van der Waals surface area contributed by atoms with Gasteiger partial charge in [0, 0.05) is 24.0 Å². The first-order valence-electron chi connectivity index (χ1n) is 10.00. The van der Waals surface area contributed by atoms with Crippen LogP contribution in [0.2, 0.25) is 0 Å². The molecule has 3 aromatic carbocycles. The van der Waals surface area contributed by atoms with Gasteiger partial charge >= 0.3 is 0 Å². The zero-order chi connectivity index (χ0) is 20.5. The Morgan fingerprint density at radius 2 is 1.00 bits per heavy atom. The van der Waals surface area contributed by atoms with Crippen molar-refractivity contribution >= 4 is 11.4 Å². The number of nitrogens with zero attached hydrogens (tertiary/aromatic N) is 2. The first kappa shape index (κ1) is 18.2. The Balaban J connectivity index is 1.25. The summed E-state index contributed by atoms with van der Waals surface area (Å²) in [7, 11) is 0. The Labute approximate surface area is 174 Å². The minimum atomic E-state index is 0.0817. The van der Waals surface area contributed by atoms with Gasteiger partial charge in [0.25, 0.3) is 0 Å². The lowest BCUT2D eigenvalue weighted by Gasteiger charge is -2.14. The predicted molar refractivity (Wildman–Crippen MR) is 117 cm³/mol. The molecule has 0 aliphatic carbocycles. The van der Waals surface area contributed by atoms with Crippen LogP contribution in [0.4, 0.5) is 0 Å². The molecule has 0 fully saturated rings. The van der Waals surface area contributed by atoms with Gasteiger partial charge in [-0.2, -0.15) is 10.2 Å². The molecule has 4 N–H and O–H groups in total. The molecule has 0 radical (unpaired) electrons. The van der Waals surface area contributed by atoms with Gasteiger partial charge in [-0.05, 0) is 35.4 Å². The predicted octanol–water partition coefficient (Wildman–Crippen LogP) is 3.98. The molecule has 2 heterocycles. The van der Waals surface area contributed by atoms with Crippen molar-refractivity contribution in [2.75, 3.05) is 0 Å². The number of phenols is 2. The van der Waals surface area contributed by atoms with E-state index in [4.69, 9.17) is 0 Å². The van der Waals surface area contributed by atoms with Crippen LogP contribution < -0.4 is 10.9 Å². The second-order valence-corrected chi connectivity index (χ2v) is 7.59. The summed E-state index contributed by atoms with van der Waals surface area (Å²) < 4.78 is 0. The highest BCUT2D eigenvalue weighted by molar-refractivity contribution is 6.04. The van der Waals surface area contributed by atoms with E-state index in [2.05, 4.69) is 45.3 Å². The van der Waals surface area contributed by atoms with Crippen LogP contribution in [0.25, 0.3) is 0 Å². The van der Waals surface area contributed by atoms with Crippen molar-refractivity contribution in [1.82, 2.24) is 10.9 Å². The summed E-state index contributed by atoms with van der Waals surface area (Å²) in [4.78, 5) is 0. The van der Waals surface area contributed by atoms with Gasteiger partial charge in [-0.1, -0.05) is 48.5 Å². The topological polar surface area (TPSA) is 89.2 Å². The number of hydrogen-bond acceptors (Lipinski definition) is 6. The molecular formula is C24H22N4O2. The third-order valence-electron chi connectivity index (χ3n) is 5.68. The Kier molecular flexibility index (Phi) is 4.59. The van der Waals surface area contributed by atoms with Crippen LogP contribution in [0.1, 0.15) is 47.2 Å². The average molecular weight is 398 g/mol. The number of rotatable bonds is 4. The third kappa shape index (κ3) is 3.37. The number of phenolic OH excluding ortho intramolecular Hbond substituents is 2. The summed E-state index contributed by atoms with van der Waals surface area (Å²) in [5.41, 5.74) is 11.9. The fraction of sp³-hybridized carbons (Fsp3) is 0.167. The van der Waals surface area contributed by atoms with Gasteiger partial charge in [-0.15, -0.1) is 0 Å². The second kappa shape index (κ2) is 7.55.